The van der Waals surface area contributed by atoms with Crippen molar-refractivity contribution in [2.45, 2.75) is 57.7 Å². The Kier molecular flexibility index (Phi) is 6.26. The van der Waals surface area contributed by atoms with Gasteiger partial charge in [-0.25, -0.2) is 9.50 Å². The van der Waals surface area contributed by atoms with Crippen molar-refractivity contribution in [3.05, 3.63) is 30.9 Å². The minimum absolute atomic E-state index is 0.165. The summed E-state index contributed by atoms with van der Waals surface area (Å²) in [6.45, 7) is 6.58. The van der Waals surface area contributed by atoms with Crippen molar-refractivity contribution in [2.75, 3.05) is 36.9 Å². The molecule has 2 aliphatic heterocycles. The lowest BCUT2D eigenvalue weighted by Gasteiger charge is -2.31. The smallest absolute Gasteiger partial charge is 0.246 e. The number of carbonyl (C=O) groups is 1. The van der Waals surface area contributed by atoms with Crippen LogP contribution < -0.4 is 10.2 Å². The van der Waals surface area contributed by atoms with Crippen LogP contribution in [0.4, 0.5) is 17.6 Å². The van der Waals surface area contributed by atoms with Crippen molar-refractivity contribution in [1.82, 2.24) is 29.0 Å². The summed E-state index contributed by atoms with van der Waals surface area (Å²) in [5.41, 5.74) is 0.815. The summed E-state index contributed by atoms with van der Waals surface area (Å²) in [7, 11) is 2.11. The standard InChI is InChI=1S/C24H34N8O2/c1-16(2)30-14-22(25-15-30)26-23-19-7-5-9-32(19)28-24(27-23)31-13-18(33)11-20(31)21(34)10-17-6-4-8-29(3)12-17/h5,7,9,14-18,20,33H,4,6,8,10-13H2,1-3H3,(H,26,27,28)/t17?,18-,20?/m0/s1. The Labute approximate surface area is 199 Å². The van der Waals surface area contributed by atoms with Gasteiger partial charge in [0.25, 0.3) is 0 Å². The van der Waals surface area contributed by atoms with Gasteiger partial charge in [-0.1, -0.05) is 0 Å². The second-order valence-corrected chi connectivity index (χ2v) is 10.0. The normalized spacial score (nSPS) is 23.8. The van der Waals surface area contributed by atoms with E-state index in [0.29, 0.717) is 48.9 Å². The number of piperidine rings is 1. The Morgan fingerprint density at radius 3 is 2.94 bits per heavy atom. The molecule has 0 spiro atoms. The predicted molar refractivity (Wildman–Crippen MR) is 130 cm³/mol. The van der Waals surface area contributed by atoms with Crippen LogP contribution in [0.1, 0.15) is 45.6 Å². The molecule has 0 amide bonds. The highest BCUT2D eigenvalue weighted by molar-refractivity contribution is 5.88. The molecule has 2 unspecified atom stereocenters. The number of likely N-dealkylation sites (tertiary alicyclic amines) is 1. The van der Waals surface area contributed by atoms with Crippen LogP contribution >= 0.6 is 0 Å². The lowest BCUT2D eigenvalue weighted by molar-refractivity contribution is -0.121. The molecule has 2 aliphatic rings. The summed E-state index contributed by atoms with van der Waals surface area (Å²) in [5.74, 6) is 2.28. The molecule has 0 aliphatic carbocycles. The van der Waals surface area contributed by atoms with Gasteiger partial charge in [-0.05, 0) is 58.3 Å². The Hall–Kier alpha value is -2.98. The van der Waals surface area contributed by atoms with E-state index in [1.54, 1.807) is 10.8 Å². The second-order valence-electron chi connectivity index (χ2n) is 10.0. The molecule has 3 aromatic heterocycles. The number of nitrogens with one attached hydrogen (secondary N) is 1. The van der Waals surface area contributed by atoms with Gasteiger partial charge in [-0.15, -0.1) is 5.10 Å². The third-order valence-corrected chi connectivity index (χ3v) is 6.94. The average Bonchev–Trinajstić information content (AvgIpc) is 3.53. The van der Waals surface area contributed by atoms with Crippen LogP contribution in [0.5, 0.6) is 0 Å². The SMILES string of the molecule is CC(C)n1cnc(Nc2nc(N3C[C@@H](O)CC3C(=O)CC3CCCN(C)C3)nn3cccc23)c1. The fourth-order valence-corrected chi connectivity index (χ4v) is 5.14. The zero-order valence-corrected chi connectivity index (χ0v) is 20.1. The monoisotopic (exact) mass is 466 g/mol. The van der Waals surface area contributed by atoms with Gasteiger partial charge in [0.2, 0.25) is 5.95 Å². The highest BCUT2D eigenvalue weighted by atomic mass is 16.3. The van der Waals surface area contributed by atoms with E-state index in [9.17, 15) is 9.90 Å². The van der Waals surface area contributed by atoms with Crippen molar-refractivity contribution < 1.29 is 9.90 Å². The second kappa shape index (κ2) is 9.34. The maximum atomic E-state index is 13.3. The molecule has 0 aromatic carbocycles. The number of aromatic nitrogens is 5. The molecule has 2 N–H and O–H groups in total. The number of aliphatic hydroxyl groups is 1. The maximum absolute atomic E-state index is 13.3. The van der Waals surface area contributed by atoms with Crippen LogP contribution in [0.2, 0.25) is 0 Å². The van der Waals surface area contributed by atoms with E-state index in [0.717, 1.165) is 31.4 Å². The minimum Gasteiger partial charge on any atom is -0.391 e. The molecule has 0 saturated carbocycles. The van der Waals surface area contributed by atoms with E-state index >= 15 is 0 Å². The first-order valence-corrected chi connectivity index (χ1v) is 12.2. The molecule has 0 radical (unpaired) electrons. The number of fused-ring (bicyclic) bond motifs is 1. The zero-order valence-electron chi connectivity index (χ0n) is 20.1. The Morgan fingerprint density at radius 1 is 1.32 bits per heavy atom. The van der Waals surface area contributed by atoms with Gasteiger partial charge >= 0.3 is 0 Å². The molecule has 3 atom stereocenters. The van der Waals surface area contributed by atoms with Gasteiger partial charge in [0, 0.05) is 44.4 Å². The van der Waals surface area contributed by atoms with Crippen LogP contribution in [0, 0.1) is 5.92 Å². The number of carbonyl (C=O) groups excluding carboxylic acids is 1. The number of hydrogen-bond donors (Lipinski definition) is 2. The molecule has 10 nitrogen and oxygen atoms in total. The summed E-state index contributed by atoms with van der Waals surface area (Å²) in [4.78, 5) is 26.8. The highest BCUT2D eigenvalue weighted by Gasteiger charge is 2.38. The molecule has 10 heteroatoms. The summed E-state index contributed by atoms with van der Waals surface area (Å²) in [5, 5.41) is 18.5. The first-order chi connectivity index (χ1) is 16.4. The molecule has 5 heterocycles. The highest BCUT2D eigenvalue weighted by Crippen LogP contribution is 2.29. The number of hydrogen-bond acceptors (Lipinski definition) is 8. The number of anilines is 3. The van der Waals surface area contributed by atoms with E-state index < -0.39 is 12.1 Å². The Morgan fingerprint density at radius 2 is 2.18 bits per heavy atom. The zero-order chi connectivity index (χ0) is 23.8. The Balaban J connectivity index is 1.41. The maximum Gasteiger partial charge on any atom is 0.246 e. The minimum atomic E-state index is -0.579. The summed E-state index contributed by atoms with van der Waals surface area (Å²) < 4.78 is 3.78. The molecule has 5 rings (SSSR count). The van der Waals surface area contributed by atoms with Gasteiger partial charge in [-0.2, -0.15) is 4.98 Å². The van der Waals surface area contributed by atoms with Crippen molar-refractivity contribution in [3.8, 4) is 0 Å². The number of β-amino-alcohol motifs (C(OH)–C–C–N with tert-alkyl or cyclic N) is 1. The quantitative estimate of drug-likeness (QED) is 0.547. The number of imidazole rings is 1. The van der Waals surface area contributed by atoms with Crippen LogP contribution in [0.15, 0.2) is 30.9 Å². The summed E-state index contributed by atoms with van der Waals surface area (Å²) >= 11 is 0. The van der Waals surface area contributed by atoms with Gasteiger partial charge < -0.3 is 24.8 Å². The van der Waals surface area contributed by atoms with E-state index in [1.165, 1.54) is 0 Å². The molecule has 34 heavy (non-hydrogen) atoms. The van der Waals surface area contributed by atoms with Gasteiger partial charge in [0.05, 0.1) is 18.5 Å². The number of ketones is 1. The third kappa shape index (κ3) is 4.65. The first kappa shape index (κ1) is 22.8. The number of Topliss-reactive ketones (excluding diaryl/α,β-unsaturated/α-hetero) is 1. The summed E-state index contributed by atoms with van der Waals surface area (Å²) in [6, 6.07) is 3.74. The fraction of sp³-hybridized carbons (Fsp3) is 0.583. The fourth-order valence-electron chi connectivity index (χ4n) is 5.14. The predicted octanol–water partition coefficient (Wildman–Crippen LogP) is 2.49. The van der Waals surface area contributed by atoms with Crippen LogP contribution in [0.25, 0.3) is 5.52 Å². The van der Waals surface area contributed by atoms with E-state index in [4.69, 9.17) is 4.98 Å². The average molecular weight is 467 g/mol. The van der Waals surface area contributed by atoms with Crippen molar-refractivity contribution in [1.29, 1.82) is 0 Å². The largest absolute Gasteiger partial charge is 0.391 e. The molecule has 2 saturated heterocycles. The third-order valence-electron chi connectivity index (χ3n) is 6.94. The molecule has 0 bridgehead atoms. The molecular formula is C24H34N8O2. The molecule has 3 aromatic rings. The molecule has 2 fully saturated rings. The topological polar surface area (TPSA) is 104 Å². The number of rotatable bonds is 7. The molecular weight excluding hydrogens is 432 g/mol. The summed E-state index contributed by atoms with van der Waals surface area (Å²) in [6.07, 6.45) is 8.16. The Bertz CT molecular complexity index is 1160. The van der Waals surface area contributed by atoms with E-state index in [1.807, 2.05) is 34.0 Å². The first-order valence-electron chi connectivity index (χ1n) is 12.2. The molecule has 182 valence electrons. The van der Waals surface area contributed by atoms with Gasteiger partial charge in [-0.3, -0.25) is 4.79 Å². The lowest BCUT2D eigenvalue weighted by Crippen LogP contribution is -2.40. The van der Waals surface area contributed by atoms with E-state index in [2.05, 4.69) is 41.2 Å². The van der Waals surface area contributed by atoms with Gasteiger partial charge in [0.1, 0.15) is 11.3 Å². The van der Waals surface area contributed by atoms with Crippen molar-refractivity contribution >= 4 is 28.9 Å². The van der Waals surface area contributed by atoms with Crippen LogP contribution in [-0.2, 0) is 4.79 Å². The van der Waals surface area contributed by atoms with E-state index in [-0.39, 0.29) is 5.78 Å². The van der Waals surface area contributed by atoms with Crippen molar-refractivity contribution in [3.63, 3.8) is 0 Å². The number of aliphatic hydroxyl groups excluding tert-OH is 1. The number of nitrogens with zero attached hydrogens (tertiary/aromatic N) is 7. The van der Waals surface area contributed by atoms with Crippen molar-refractivity contribution in [2.24, 2.45) is 5.92 Å². The van der Waals surface area contributed by atoms with Crippen LogP contribution in [0.3, 0.4) is 0 Å². The van der Waals surface area contributed by atoms with Crippen LogP contribution in [-0.4, -0.2) is 78.8 Å². The van der Waals surface area contributed by atoms with Gasteiger partial charge in [0.15, 0.2) is 11.6 Å². The lowest BCUT2D eigenvalue weighted by atomic mass is 9.90.